The van der Waals surface area contributed by atoms with Gasteiger partial charge in [0.2, 0.25) is 11.8 Å². The molecule has 0 atom stereocenters. The number of carbonyl (C=O) groups excluding carboxylic acids is 2. The molecule has 0 fully saturated rings. The summed E-state index contributed by atoms with van der Waals surface area (Å²) in [4.78, 5) is 34.1. The van der Waals surface area contributed by atoms with E-state index in [1.54, 1.807) is 0 Å². The molecule has 0 spiro atoms. The van der Waals surface area contributed by atoms with Gasteiger partial charge in [0.15, 0.2) is 0 Å². The van der Waals surface area contributed by atoms with Crippen LogP contribution in [0.3, 0.4) is 0 Å². The van der Waals surface area contributed by atoms with Crippen molar-refractivity contribution >= 4 is 39.4 Å². The summed E-state index contributed by atoms with van der Waals surface area (Å²) in [5.41, 5.74) is 10.7. The molecule has 0 radical (unpaired) electrons. The molecule has 1 aromatic carbocycles. The number of amides is 2. The van der Waals surface area contributed by atoms with Gasteiger partial charge in [-0.1, -0.05) is 0 Å². The first-order valence-electron chi connectivity index (χ1n) is 5.15. The summed E-state index contributed by atoms with van der Waals surface area (Å²) >= 11 is 3.11. The number of carboxylic acids is 1. The fraction of sp³-hybridized carbons (Fsp3) is 0.182. The highest BCUT2D eigenvalue weighted by atomic mass is 79.9. The quantitative estimate of drug-likeness (QED) is 0.673. The van der Waals surface area contributed by atoms with Crippen molar-refractivity contribution in [2.24, 2.45) is 11.5 Å². The summed E-state index contributed by atoms with van der Waals surface area (Å²) in [6, 6.07) is 4.31. The molecule has 0 aromatic heterocycles. The second kappa shape index (κ2) is 6.19. The van der Waals surface area contributed by atoms with Gasteiger partial charge in [-0.15, -0.1) is 0 Å². The van der Waals surface area contributed by atoms with Gasteiger partial charge in [0.25, 0.3) is 0 Å². The van der Waals surface area contributed by atoms with E-state index in [0.29, 0.717) is 10.2 Å². The zero-order chi connectivity index (χ0) is 14.6. The number of rotatable bonds is 6. The number of aromatic carboxylic acids is 1. The molecule has 5 N–H and O–H groups in total. The standard InChI is InChI=1S/C11H12BrN3O4/c12-8-3-6(1-2-7(8)11(18)19)15(4-9(13)16)5-10(14)17/h1-3H,4-5H2,(H2,13,16)(H2,14,17)(H,18,19). The van der Waals surface area contributed by atoms with Crippen molar-refractivity contribution in [2.75, 3.05) is 18.0 Å². The average molecular weight is 330 g/mol. The molecule has 0 aliphatic carbocycles. The van der Waals surface area contributed by atoms with E-state index in [0.717, 1.165) is 0 Å². The first-order chi connectivity index (χ1) is 8.81. The molecule has 0 unspecified atom stereocenters. The average Bonchev–Trinajstić information content (AvgIpc) is 2.26. The summed E-state index contributed by atoms with van der Waals surface area (Å²) in [7, 11) is 0. The van der Waals surface area contributed by atoms with Gasteiger partial charge in [0.1, 0.15) is 0 Å². The lowest BCUT2D eigenvalue weighted by Crippen LogP contribution is -2.39. The molecule has 7 nitrogen and oxygen atoms in total. The monoisotopic (exact) mass is 329 g/mol. The number of nitrogens with two attached hydrogens (primary N) is 2. The van der Waals surface area contributed by atoms with Gasteiger partial charge in [-0.2, -0.15) is 0 Å². The molecule has 0 heterocycles. The Bertz CT molecular complexity index is 517. The summed E-state index contributed by atoms with van der Waals surface area (Å²) in [6.07, 6.45) is 0. The SMILES string of the molecule is NC(=O)CN(CC(N)=O)c1ccc(C(=O)O)c(Br)c1. The summed E-state index contributed by atoms with van der Waals surface area (Å²) in [6.45, 7) is -0.385. The van der Waals surface area contributed by atoms with Crippen molar-refractivity contribution in [3.05, 3.63) is 28.2 Å². The van der Waals surface area contributed by atoms with Crippen LogP contribution < -0.4 is 16.4 Å². The van der Waals surface area contributed by atoms with E-state index in [1.807, 2.05) is 0 Å². The molecule has 2 amide bonds. The van der Waals surface area contributed by atoms with Crippen molar-refractivity contribution in [3.8, 4) is 0 Å². The Kier molecular flexibility index (Phi) is 4.87. The zero-order valence-electron chi connectivity index (χ0n) is 9.80. The number of hydrogen-bond donors (Lipinski definition) is 3. The van der Waals surface area contributed by atoms with E-state index in [1.165, 1.54) is 23.1 Å². The third kappa shape index (κ3) is 4.25. The van der Waals surface area contributed by atoms with Gasteiger partial charge >= 0.3 is 5.97 Å². The molecule has 0 bridgehead atoms. The smallest absolute Gasteiger partial charge is 0.336 e. The van der Waals surface area contributed by atoms with Crippen molar-refractivity contribution < 1.29 is 19.5 Å². The fourth-order valence-corrected chi connectivity index (χ4v) is 2.03. The van der Waals surface area contributed by atoms with Crippen LogP contribution in [0.4, 0.5) is 5.69 Å². The Morgan fingerprint density at radius 2 is 1.68 bits per heavy atom. The maximum Gasteiger partial charge on any atom is 0.336 e. The Labute approximate surface area is 117 Å². The zero-order valence-corrected chi connectivity index (χ0v) is 11.4. The van der Waals surface area contributed by atoms with E-state index in [9.17, 15) is 14.4 Å². The van der Waals surface area contributed by atoms with Crippen molar-refractivity contribution in [2.45, 2.75) is 0 Å². The Hall–Kier alpha value is -2.09. The first kappa shape index (κ1) is 15.0. The second-order valence-corrected chi connectivity index (χ2v) is 4.61. The van der Waals surface area contributed by atoms with Crippen molar-refractivity contribution in [1.82, 2.24) is 0 Å². The minimum atomic E-state index is -1.09. The Morgan fingerprint density at radius 1 is 1.16 bits per heavy atom. The van der Waals surface area contributed by atoms with E-state index in [-0.39, 0.29) is 18.7 Å². The predicted molar refractivity (Wildman–Crippen MR) is 71.7 cm³/mol. The number of nitrogens with zero attached hydrogens (tertiary/aromatic N) is 1. The minimum absolute atomic E-state index is 0.0712. The maximum absolute atomic E-state index is 10.9. The van der Waals surface area contributed by atoms with E-state index in [4.69, 9.17) is 16.6 Å². The fourth-order valence-electron chi connectivity index (χ4n) is 1.49. The third-order valence-electron chi connectivity index (χ3n) is 2.24. The van der Waals surface area contributed by atoms with Crippen LogP contribution in [0.2, 0.25) is 0 Å². The van der Waals surface area contributed by atoms with Crippen molar-refractivity contribution in [3.63, 3.8) is 0 Å². The molecular formula is C11H12BrN3O4. The van der Waals surface area contributed by atoms with Gasteiger partial charge in [-0.05, 0) is 34.1 Å². The molecule has 1 aromatic rings. The highest BCUT2D eigenvalue weighted by Crippen LogP contribution is 2.24. The number of carbonyl (C=O) groups is 3. The first-order valence-corrected chi connectivity index (χ1v) is 5.95. The van der Waals surface area contributed by atoms with Gasteiger partial charge in [0.05, 0.1) is 18.7 Å². The lowest BCUT2D eigenvalue weighted by molar-refractivity contribution is -0.117. The summed E-state index contributed by atoms with van der Waals surface area (Å²) in [5.74, 6) is -2.34. The van der Waals surface area contributed by atoms with Gasteiger partial charge in [-0.25, -0.2) is 4.79 Å². The molecule has 1 rings (SSSR count). The number of anilines is 1. The second-order valence-electron chi connectivity index (χ2n) is 3.76. The van der Waals surface area contributed by atoms with Gasteiger partial charge in [-0.3, -0.25) is 9.59 Å². The van der Waals surface area contributed by atoms with Gasteiger partial charge < -0.3 is 21.5 Å². The van der Waals surface area contributed by atoms with Crippen molar-refractivity contribution in [1.29, 1.82) is 0 Å². The third-order valence-corrected chi connectivity index (χ3v) is 2.90. The lowest BCUT2D eigenvalue weighted by Gasteiger charge is -2.22. The Morgan fingerprint density at radius 3 is 2.05 bits per heavy atom. The molecule has 8 heteroatoms. The molecule has 19 heavy (non-hydrogen) atoms. The number of carboxylic acid groups (broad SMARTS) is 1. The van der Waals surface area contributed by atoms with Crippen LogP contribution in [0.5, 0.6) is 0 Å². The molecule has 102 valence electrons. The van der Waals surface area contributed by atoms with Crippen LogP contribution in [-0.4, -0.2) is 36.0 Å². The lowest BCUT2D eigenvalue weighted by atomic mass is 10.2. The molecular weight excluding hydrogens is 318 g/mol. The number of hydrogen-bond acceptors (Lipinski definition) is 4. The van der Waals surface area contributed by atoms with E-state index < -0.39 is 17.8 Å². The highest BCUT2D eigenvalue weighted by molar-refractivity contribution is 9.10. The Balaban J connectivity index is 3.08. The van der Waals surface area contributed by atoms with Crippen LogP contribution >= 0.6 is 15.9 Å². The van der Waals surface area contributed by atoms with E-state index in [2.05, 4.69) is 15.9 Å². The summed E-state index contributed by atoms with van der Waals surface area (Å²) in [5, 5.41) is 8.89. The predicted octanol–water partition coefficient (Wildman–Crippen LogP) is -0.0757. The molecule has 0 saturated heterocycles. The molecule has 0 saturated carbocycles. The topological polar surface area (TPSA) is 127 Å². The van der Waals surface area contributed by atoms with Crippen LogP contribution in [-0.2, 0) is 9.59 Å². The minimum Gasteiger partial charge on any atom is -0.478 e. The number of primary amides is 2. The van der Waals surface area contributed by atoms with Crippen LogP contribution in [0.25, 0.3) is 0 Å². The highest BCUT2D eigenvalue weighted by Gasteiger charge is 2.15. The summed E-state index contributed by atoms with van der Waals surface area (Å²) < 4.78 is 0.330. The molecule has 0 aliphatic rings. The maximum atomic E-state index is 10.9. The van der Waals surface area contributed by atoms with E-state index >= 15 is 0 Å². The van der Waals surface area contributed by atoms with Gasteiger partial charge in [0, 0.05) is 10.2 Å². The number of benzene rings is 1. The van der Waals surface area contributed by atoms with Crippen LogP contribution in [0.1, 0.15) is 10.4 Å². The molecule has 0 aliphatic heterocycles. The normalized spacial score (nSPS) is 9.95. The largest absolute Gasteiger partial charge is 0.478 e. The van der Waals surface area contributed by atoms with Crippen LogP contribution in [0, 0.1) is 0 Å². The number of halogens is 1. The van der Waals surface area contributed by atoms with Crippen LogP contribution in [0.15, 0.2) is 22.7 Å².